The van der Waals surface area contributed by atoms with E-state index in [9.17, 15) is 4.79 Å². The van der Waals surface area contributed by atoms with Crippen molar-refractivity contribution in [2.24, 2.45) is 0 Å². The van der Waals surface area contributed by atoms with Crippen molar-refractivity contribution >= 4 is 22.0 Å². The second-order valence-corrected chi connectivity index (χ2v) is 6.86. The summed E-state index contributed by atoms with van der Waals surface area (Å²) in [6, 6.07) is 6.32. The largest absolute Gasteiger partial charge is 0.444 e. The van der Waals surface area contributed by atoms with Crippen LogP contribution in [0.15, 0.2) is 22.7 Å². The third-order valence-electron chi connectivity index (χ3n) is 3.28. The van der Waals surface area contributed by atoms with Gasteiger partial charge in [-0.05, 0) is 57.4 Å². The summed E-state index contributed by atoms with van der Waals surface area (Å²) in [6.07, 6.45) is 0.650. The molecule has 0 spiro atoms. The smallest absolute Gasteiger partial charge is 0.410 e. The van der Waals surface area contributed by atoms with Crippen LogP contribution >= 0.6 is 15.9 Å². The minimum atomic E-state index is -0.450. The van der Waals surface area contributed by atoms with Gasteiger partial charge < -0.3 is 9.64 Å². The molecule has 0 aromatic heterocycles. The van der Waals surface area contributed by atoms with E-state index in [1.165, 1.54) is 11.1 Å². The number of carbonyl (C=O) groups excluding carboxylic acids is 1. The number of benzene rings is 1. The second-order valence-electron chi connectivity index (χ2n) is 5.94. The molecule has 1 aromatic carbocycles. The normalized spacial score (nSPS) is 19.0. The first kappa shape index (κ1) is 14.4. The number of halogens is 1. The molecule has 19 heavy (non-hydrogen) atoms. The number of nitrogens with zero attached hydrogens (tertiary/aromatic N) is 1. The zero-order valence-corrected chi connectivity index (χ0v) is 13.5. The third-order valence-corrected chi connectivity index (χ3v) is 3.77. The van der Waals surface area contributed by atoms with Gasteiger partial charge in [0.2, 0.25) is 0 Å². The van der Waals surface area contributed by atoms with Gasteiger partial charge in [0.1, 0.15) is 5.60 Å². The van der Waals surface area contributed by atoms with Gasteiger partial charge in [0.05, 0.1) is 6.04 Å². The molecular formula is C15H20BrNO2. The molecule has 1 aliphatic heterocycles. The van der Waals surface area contributed by atoms with Crippen molar-refractivity contribution in [3.63, 3.8) is 0 Å². The summed E-state index contributed by atoms with van der Waals surface area (Å²) < 4.78 is 6.51. The lowest BCUT2D eigenvalue weighted by Gasteiger charge is -2.36. The van der Waals surface area contributed by atoms with Gasteiger partial charge in [0, 0.05) is 11.0 Å². The zero-order chi connectivity index (χ0) is 14.2. The van der Waals surface area contributed by atoms with Crippen molar-refractivity contribution in [1.82, 2.24) is 4.90 Å². The summed E-state index contributed by atoms with van der Waals surface area (Å²) in [4.78, 5) is 14.0. The van der Waals surface area contributed by atoms with E-state index >= 15 is 0 Å². The monoisotopic (exact) mass is 325 g/mol. The predicted molar refractivity (Wildman–Crippen MR) is 79.2 cm³/mol. The standard InChI is InChI=1S/C15H20BrNO2/c1-10-13-9-12(16)6-5-11(13)7-8-17(10)14(18)19-15(2,3)4/h5-6,9-10H,7-8H2,1-4H3. The maximum absolute atomic E-state index is 12.2. The van der Waals surface area contributed by atoms with E-state index < -0.39 is 5.60 Å². The quantitative estimate of drug-likeness (QED) is 0.711. The van der Waals surface area contributed by atoms with E-state index in [1.54, 1.807) is 4.90 Å². The Balaban J connectivity index is 2.21. The number of rotatable bonds is 0. The topological polar surface area (TPSA) is 29.5 Å². The average molecular weight is 326 g/mol. The first-order valence-electron chi connectivity index (χ1n) is 6.56. The average Bonchev–Trinajstić information content (AvgIpc) is 2.28. The molecule has 0 saturated carbocycles. The van der Waals surface area contributed by atoms with Crippen LogP contribution in [0.25, 0.3) is 0 Å². The van der Waals surface area contributed by atoms with Gasteiger partial charge >= 0.3 is 6.09 Å². The van der Waals surface area contributed by atoms with Crippen LogP contribution < -0.4 is 0 Å². The maximum atomic E-state index is 12.2. The molecule has 0 radical (unpaired) electrons. The first-order valence-corrected chi connectivity index (χ1v) is 7.35. The highest BCUT2D eigenvalue weighted by Crippen LogP contribution is 2.32. The van der Waals surface area contributed by atoms with Crippen LogP contribution in [0.5, 0.6) is 0 Å². The summed E-state index contributed by atoms with van der Waals surface area (Å²) in [5.41, 5.74) is 2.07. The summed E-state index contributed by atoms with van der Waals surface area (Å²) in [7, 11) is 0. The number of amides is 1. The van der Waals surface area contributed by atoms with Crippen molar-refractivity contribution in [3.8, 4) is 0 Å². The van der Waals surface area contributed by atoms with Crippen LogP contribution in [-0.2, 0) is 11.2 Å². The molecule has 0 saturated heterocycles. The lowest BCUT2D eigenvalue weighted by Crippen LogP contribution is -2.42. The second kappa shape index (κ2) is 5.16. The van der Waals surface area contributed by atoms with Gasteiger partial charge in [-0.2, -0.15) is 0 Å². The molecule has 1 amide bonds. The van der Waals surface area contributed by atoms with Gasteiger partial charge in [0.15, 0.2) is 0 Å². The summed E-state index contributed by atoms with van der Waals surface area (Å²) in [5.74, 6) is 0. The Kier molecular flexibility index (Phi) is 3.90. The highest BCUT2D eigenvalue weighted by Gasteiger charge is 2.30. The molecule has 4 heteroatoms. The molecule has 0 fully saturated rings. The van der Waals surface area contributed by atoms with E-state index in [4.69, 9.17) is 4.74 Å². The molecule has 3 nitrogen and oxygen atoms in total. The summed E-state index contributed by atoms with van der Waals surface area (Å²) >= 11 is 3.49. The Labute approximate surface area is 123 Å². The number of hydrogen-bond acceptors (Lipinski definition) is 2. The highest BCUT2D eigenvalue weighted by atomic mass is 79.9. The predicted octanol–water partition coefficient (Wildman–Crippen LogP) is 4.30. The molecule has 2 rings (SSSR count). The number of carbonyl (C=O) groups is 1. The van der Waals surface area contributed by atoms with E-state index in [1.807, 2.05) is 27.7 Å². The van der Waals surface area contributed by atoms with Crippen LogP contribution in [0.2, 0.25) is 0 Å². The minimum Gasteiger partial charge on any atom is -0.444 e. The Morgan fingerprint density at radius 3 is 2.74 bits per heavy atom. The molecule has 0 aliphatic carbocycles. The van der Waals surface area contributed by atoms with E-state index in [0.29, 0.717) is 6.54 Å². The third kappa shape index (κ3) is 3.30. The molecule has 1 unspecified atom stereocenters. The van der Waals surface area contributed by atoms with Crippen molar-refractivity contribution in [2.75, 3.05) is 6.54 Å². The molecular weight excluding hydrogens is 306 g/mol. The Morgan fingerprint density at radius 1 is 1.42 bits per heavy atom. The number of fused-ring (bicyclic) bond motifs is 1. The molecule has 1 aliphatic rings. The summed E-state index contributed by atoms with van der Waals surface area (Å²) in [5, 5.41) is 0. The SMILES string of the molecule is CC1c2cc(Br)ccc2CCN1C(=O)OC(C)(C)C. The van der Waals surface area contributed by atoms with Gasteiger partial charge in [-0.15, -0.1) is 0 Å². The summed E-state index contributed by atoms with van der Waals surface area (Å²) in [6.45, 7) is 8.44. The van der Waals surface area contributed by atoms with Gasteiger partial charge in [-0.1, -0.05) is 22.0 Å². The first-order chi connectivity index (χ1) is 8.78. The van der Waals surface area contributed by atoms with Gasteiger partial charge in [-0.25, -0.2) is 4.79 Å². The van der Waals surface area contributed by atoms with Crippen LogP contribution in [-0.4, -0.2) is 23.1 Å². The van der Waals surface area contributed by atoms with Crippen molar-refractivity contribution in [1.29, 1.82) is 0 Å². The van der Waals surface area contributed by atoms with Crippen molar-refractivity contribution in [2.45, 2.75) is 45.8 Å². The molecule has 1 atom stereocenters. The molecule has 1 heterocycles. The maximum Gasteiger partial charge on any atom is 0.410 e. The Hall–Kier alpha value is -1.03. The van der Waals surface area contributed by atoms with Crippen molar-refractivity contribution in [3.05, 3.63) is 33.8 Å². The van der Waals surface area contributed by atoms with Crippen molar-refractivity contribution < 1.29 is 9.53 Å². The Bertz CT molecular complexity index is 493. The van der Waals surface area contributed by atoms with Crippen LogP contribution in [0.3, 0.4) is 0 Å². The molecule has 0 N–H and O–H groups in total. The zero-order valence-electron chi connectivity index (χ0n) is 11.9. The molecule has 1 aromatic rings. The number of ether oxygens (including phenoxy) is 1. The van der Waals surface area contributed by atoms with Crippen LogP contribution in [0.1, 0.15) is 44.9 Å². The van der Waals surface area contributed by atoms with Crippen LogP contribution in [0.4, 0.5) is 4.79 Å². The highest BCUT2D eigenvalue weighted by molar-refractivity contribution is 9.10. The number of hydrogen-bond donors (Lipinski definition) is 0. The fourth-order valence-electron chi connectivity index (χ4n) is 2.35. The fourth-order valence-corrected chi connectivity index (χ4v) is 2.73. The van der Waals surface area contributed by atoms with Gasteiger partial charge in [-0.3, -0.25) is 0 Å². The molecule has 104 valence electrons. The lowest BCUT2D eigenvalue weighted by molar-refractivity contribution is 0.0159. The lowest BCUT2D eigenvalue weighted by atomic mass is 9.94. The Morgan fingerprint density at radius 2 is 2.11 bits per heavy atom. The van der Waals surface area contributed by atoms with E-state index in [2.05, 4.69) is 34.1 Å². The van der Waals surface area contributed by atoms with E-state index in [-0.39, 0.29) is 12.1 Å². The molecule has 0 bridgehead atoms. The van der Waals surface area contributed by atoms with Crippen LogP contribution in [0, 0.1) is 0 Å². The van der Waals surface area contributed by atoms with Gasteiger partial charge in [0.25, 0.3) is 0 Å². The van der Waals surface area contributed by atoms with E-state index in [0.717, 1.165) is 10.9 Å². The fraction of sp³-hybridized carbons (Fsp3) is 0.533. The minimum absolute atomic E-state index is 0.0519.